The number of hydrogen-bond donors (Lipinski definition) is 1. The van der Waals surface area contributed by atoms with Crippen molar-refractivity contribution in [1.29, 1.82) is 0 Å². The van der Waals surface area contributed by atoms with E-state index in [1.54, 1.807) is 11.4 Å². The average Bonchev–Trinajstić information content (AvgIpc) is 3.24. The van der Waals surface area contributed by atoms with Crippen LogP contribution in [0.4, 0.5) is 0 Å². The van der Waals surface area contributed by atoms with Crippen molar-refractivity contribution in [3.05, 3.63) is 17.3 Å². The molecule has 0 saturated carbocycles. The minimum absolute atomic E-state index is 0. The number of halogens is 1. The van der Waals surface area contributed by atoms with Crippen molar-refractivity contribution in [1.82, 2.24) is 19.8 Å². The van der Waals surface area contributed by atoms with Crippen molar-refractivity contribution >= 4 is 33.8 Å². The van der Waals surface area contributed by atoms with Crippen LogP contribution in [0.25, 0.3) is 10.8 Å². The van der Waals surface area contributed by atoms with Crippen LogP contribution in [0.3, 0.4) is 0 Å². The number of nitrogens with zero attached hydrogens (tertiary/aromatic N) is 3. The SMILES string of the molecule is CNC(C)Cc1noc(-c2sccc2S(=O)(=O)N2CCOCC2)n1.Cl. The number of sulfonamides is 1. The van der Waals surface area contributed by atoms with E-state index in [-0.39, 0.29) is 29.2 Å². The average molecular weight is 409 g/mol. The summed E-state index contributed by atoms with van der Waals surface area (Å²) in [6.07, 6.45) is 0.608. The number of likely N-dealkylation sites (N-methyl/N-ethyl adjacent to an activating group) is 1. The fraction of sp³-hybridized carbons (Fsp3) is 0.571. The minimum atomic E-state index is -3.59. The zero-order valence-corrected chi connectivity index (χ0v) is 16.4. The van der Waals surface area contributed by atoms with Crippen LogP contribution in [-0.2, 0) is 21.2 Å². The van der Waals surface area contributed by atoms with Gasteiger partial charge in [0.1, 0.15) is 9.77 Å². The zero-order chi connectivity index (χ0) is 17.2. The maximum atomic E-state index is 12.9. The highest BCUT2D eigenvalue weighted by atomic mass is 35.5. The predicted molar refractivity (Wildman–Crippen MR) is 96.7 cm³/mol. The van der Waals surface area contributed by atoms with Gasteiger partial charge in [-0.05, 0) is 25.4 Å². The number of rotatable bonds is 6. The molecule has 2 aromatic rings. The lowest BCUT2D eigenvalue weighted by molar-refractivity contribution is 0.0730. The van der Waals surface area contributed by atoms with Gasteiger partial charge in [0.25, 0.3) is 5.89 Å². The molecule has 11 heteroatoms. The molecule has 3 heterocycles. The third kappa shape index (κ3) is 4.39. The van der Waals surface area contributed by atoms with Crippen LogP contribution in [0.2, 0.25) is 0 Å². The summed E-state index contributed by atoms with van der Waals surface area (Å²) in [7, 11) is -1.73. The Hall–Kier alpha value is -1.04. The van der Waals surface area contributed by atoms with Gasteiger partial charge in [-0.3, -0.25) is 0 Å². The molecule has 0 spiro atoms. The fourth-order valence-corrected chi connectivity index (χ4v) is 5.11. The molecule has 140 valence electrons. The Balaban J connectivity index is 0.00000225. The number of nitrogens with one attached hydrogen (secondary N) is 1. The Labute approximate surface area is 157 Å². The van der Waals surface area contributed by atoms with E-state index >= 15 is 0 Å². The van der Waals surface area contributed by atoms with Gasteiger partial charge in [0.05, 0.1) is 13.2 Å². The third-order valence-electron chi connectivity index (χ3n) is 3.86. The first-order valence-electron chi connectivity index (χ1n) is 7.68. The summed E-state index contributed by atoms with van der Waals surface area (Å²) in [6.45, 7) is 3.53. The molecule has 1 unspecified atom stereocenters. The van der Waals surface area contributed by atoms with Crippen LogP contribution in [-0.4, -0.2) is 62.3 Å². The molecule has 0 amide bonds. The molecule has 1 atom stereocenters. The number of aromatic nitrogens is 2. The first-order chi connectivity index (χ1) is 11.5. The quantitative estimate of drug-likeness (QED) is 0.771. The van der Waals surface area contributed by atoms with E-state index in [9.17, 15) is 8.42 Å². The predicted octanol–water partition coefficient (Wildman–Crippen LogP) is 1.39. The molecule has 0 aromatic carbocycles. The second kappa shape index (κ2) is 8.56. The van der Waals surface area contributed by atoms with Gasteiger partial charge in [0.2, 0.25) is 10.0 Å². The van der Waals surface area contributed by atoms with Crippen LogP contribution >= 0.6 is 23.7 Å². The van der Waals surface area contributed by atoms with Crippen LogP contribution in [0.5, 0.6) is 0 Å². The van der Waals surface area contributed by atoms with Gasteiger partial charge in [-0.15, -0.1) is 23.7 Å². The van der Waals surface area contributed by atoms with Gasteiger partial charge >= 0.3 is 0 Å². The molecule has 1 aliphatic rings. The lowest BCUT2D eigenvalue weighted by atomic mass is 10.2. The summed E-state index contributed by atoms with van der Waals surface area (Å²) in [6, 6.07) is 1.79. The van der Waals surface area contributed by atoms with Crippen molar-refractivity contribution in [3.8, 4) is 10.8 Å². The Bertz CT molecular complexity index is 786. The Morgan fingerprint density at radius 2 is 2.12 bits per heavy atom. The van der Waals surface area contributed by atoms with Gasteiger partial charge < -0.3 is 14.6 Å². The molecule has 8 nitrogen and oxygen atoms in total. The lowest BCUT2D eigenvalue weighted by Gasteiger charge is -2.25. The summed E-state index contributed by atoms with van der Waals surface area (Å²) in [5.74, 6) is 0.796. The Morgan fingerprint density at radius 1 is 1.40 bits per heavy atom. The van der Waals surface area contributed by atoms with Crippen LogP contribution < -0.4 is 5.32 Å². The highest BCUT2D eigenvalue weighted by molar-refractivity contribution is 7.89. The van der Waals surface area contributed by atoms with Crippen molar-refractivity contribution in [3.63, 3.8) is 0 Å². The normalized spacial score (nSPS) is 17.2. The van der Waals surface area contributed by atoms with Crippen molar-refractivity contribution in [2.24, 2.45) is 0 Å². The Morgan fingerprint density at radius 3 is 2.80 bits per heavy atom. The zero-order valence-electron chi connectivity index (χ0n) is 14.0. The lowest BCUT2D eigenvalue weighted by Crippen LogP contribution is -2.40. The topological polar surface area (TPSA) is 97.6 Å². The van der Waals surface area contributed by atoms with Crippen LogP contribution in [0, 0.1) is 0 Å². The maximum Gasteiger partial charge on any atom is 0.269 e. The van der Waals surface area contributed by atoms with Crippen LogP contribution in [0.15, 0.2) is 20.9 Å². The second-order valence-corrected chi connectivity index (χ2v) is 8.36. The molecular weight excluding hydrogens is 388 g/mol. The van der Waals surface area contributed by atoms with Gasteiger partial charge in [-0.2, -0.15) is 9.29 Å². The molecule has 3 rings (SSSR count). The summed E-state index contributed by atoms with van der Waals surface area (Å²) in [5.41, 5.74) is 0. The molecule has 1 saturated heterocycles. The second-order valence-electron chi connectivity index (χ2n) is 5.54. The molecule has 1 N–H and O–H groups in total. The van der Waals surface area contributed by atoms with Crippen molar-refractivity contribution < 1.29 is 17.7 Å². The highest BCUT2D eigenvalue weighted by Gasteiger charge is 2.31. The first-order valence-corrected chi connectivity index (χ1v) is 10.00. The number of thiophene rings is 1. The largest absolute Gasteiger partial charge is 0.379 e. The highest BCUT2D eigenvalue weighted by Crippen LogP contribution is 2.33. The van der Waals surface area contributed by atoms with Gasteiger partial charge in [-0.1, -0.05) is 5.16 Å². The third-order valence-corrected chi connectivity index (χ3v) is 6.83. The van der Waals surface area contributed by atoms with E-state index in [1.807, 2.05) is 14.0 Å². The minimum Gasteiger partial charge on any atom is -0.379 e. The molecular formula is C14H21ClN4O4S2. The Kier molecular flexibility index (Phi) is 6.94. The van der Waals surface area contributed by atoms with E-state index in [0.717, 1.165) is 0 Å². The smallest absolute Gasteiger partial charge is 0.269 e. The number of morpholine rings is 1. The van der Waals surface area contributed by atoms with E-state index < -0.39 is 10.0 Å². The summed E-state index contributed by atoms with van der Waals surface area (Å²) in [4.78, 5) is 5.04. The monoisotopic (exact) mass is 408 g/mol. The van der Waals surface area contributed by atoms with E-state index in [0.29, 0.717) is 43.4 Å². The van der Waals surface area contributed by atoms with Crippen LogP contribution in [0.1, 0.15) is 12.7 Å². The summed E-state index contributed by atoms with van der Waals surface area (Å²) in [5, 5.41) is 8.78. The van der Waals surface area contributed by atoms with Crippen molar-refractivity contribution in [2.75, 3.05) is 33.4 Å². The molecule has 1 fully saturated rings. The van der Waals surface area contributed by atoms with E-state index in [1.165, 1.54) is 15.6 Å². The van der Waals surface area contributed by atoms with E-state index in [4.69, 9.17) is 9.26 Å². The fourth-order valence-electron chi connectivity index (χ4n) is 2.39. The number of ether oxygens (including phenoxy) is 1. The van der Waals surface area contributed by atoms with Crippen molar-refractivity contribution in [2.45, 2.75) is 24.3 Å². The standard InChI is InChI=1S/C14H20N4O4S2.ClH/c1-10(15-2)9-12-16-14(22-17-12)13-11(3-8-23-13)24(19,20)18-4-6-21-7-5-18;/h3,8,10,15H,4-7,9H2,1-2H3;1H. The number of hydrogen-bond acceptors (Lipinski definition) is 8. The van der Waals surface area contributed by atoms with E-state index in [2.05, 4.69) is 15.5 Å². The van der Waals surface area contributed by atoms with Gasteiger partial charge in [0, 0.05) is 25.6 Å². The molecule has 1 aliphatic heterocycles. The van der Waals surface area contributed by atoms with Gasteiger partial charge in [0.15, 0.2) is 5.82 Å². The molecule has 0 radical (unpaired) electrons. The molecule has 0 bridgehead atoms. The molecule has 2 aromatic heterocycles. The first kappa shape index (κ1) is 20.3. The molecule has 0 aliphatic carbocycles. The summed E-state index contributed by atoms with van der Waals surface area (Å²) < 4.78 is 37.7. The summed E-state index contributed by atoms with van der Waals surface area (Å²) >= 11 is 1.28. The van der Waals surface area contributed by atoms with Gasteiger partial charge in [-0.25, -0.2) is 8.42 Å². The maximum absolute atomic E-state index is 12.9. The molecule has 25 heavy (non-hydrogen) atoms.